The van der Waals surface area contributed by atoms with Gasteiger partial charge in [0, 0.05) is 32.0 Å². The summed E-state index contributed by atoms with van der Waals surface area (Å²) in [4.78, 5) is 17.2. The van der Waals surface area contributed by atoms with Crippen molar-refractivity contribution in [2.45, 2.75) is 51.6 Å². The van der Waals surface area contributed by atoms with Crippen molar-refractivity contribution in [1.29, 1.82) is 0 Å². The maximum atomic E-state index is 13.0. The Morgan fingerprint density at radius 1 is 1.03 bits per heavy atom. The molecule has 0 amide bonds. The Balaban J connectivity index is 2.03. The molecule has 2 aromatic rings. The molecule has 168 valence electrons. The Hall–Kier alpha value is -2.19. The van der Waals surface area contributed by atoms with E-state index in [4.69, 9.17) is 14.2 Å². The van der Waals surface area contributed by atoms with Crippen molar-refractivity contribution >= 4 is 5.97 Å². The summed E-state index contributed by atoms with van der Waals surface area (Å²) in [5, 5.41) is 0. The molecule has 0 radical (unpaired) electrons. The molecule has 0 bridgehead atoms. The van der Waals surface area contributed by atoms with Crippen molar-refractivity contribution in [3.63, 3.8) is 0 Å². The van der Waals surface area contributed by atoms with Gasteiger partial charge in [-0.3, -0.25) is 4.79 Å². The number of aromatic nitrogens is 4. The van der Waals surface area contributed by atoms with Gasteiger partial charge in [0.15, 0.2) is 0 Å². The molecule has 3 atom stereocenters. The van der Waals surface area contributed by atoms with Crippen LogP contribution in [0.15, 0.2) is 37.4 Å². The lowest BCUT2D eigenvalue weighted by atomic mass is 9.90. The average molecular weight is 422 g/mol. The molecule has 0 spiro atoms. The monoisotopic (exact) mass is 421 g/mol. The second kappa shape index (κ2) is 13.2. The Morgan fingerprint density at radius 3 is 2.30 bits per heavy atom. The van der Waals surface area contributed by atoms with Crippen molar-refractivity contribution in [1.82, 2.24) is 14.1 Å². The second-order valence-corrected chi connectivity index (χ2v) is 7.60. The summed E-state index contributed by atoms with van der Waals surface area (Å²) in [6.45, 7) is 5.97. The van der Waals surface area contributed by atoms with E-state index in [1.807, 2.05) is 30.3 Å². The zero-order chi connectivity index (χ0) is 21.8. The van der Waals surface area contributed by atoms with E-state index < -0.39 is 0 Å². The number of hydrogen-bond donors (Lipinski definition) is 0. The fraction of sp³-hybridized carbons (Fsp3) is 0.682. The molecular formula is C22H37N4O4+. The van der Waals surface area contributed by atoms with E-state index in [1.54, 1.807) is 13.3 Å². The highest BCUT2D eigenvalue weighted by atomic mass is 16.6. The summed E-state index contributed by atoms with van der Waals surface area (Å²) in [6, 6.07) is 0.447. The third-order valence-corrected chi connectivity index (χ3v) is 5.45. The minimum Gasteiger partial charge on any atom is -0.463 e. The minimum atomic E-state index is -0.200. The van der Waals surface area contributed by atoms with Gasteiger partial charge in [-0.1, -0.05) is 13.8 Å². The fourth-order valence-electron chi connectivity index (χ4n) is 3.68. The summed E-state index contributed by atoms with van der Waals surface area (Å²) in [5.41, 5.74) is 0. The summed E-state index contributed by atoms with van der Waals surface area (Å²) >= 11 is 0. The third kappa shape index (κ3) is 7.57. The number of methoxy groups -OCH3 is 1. The number of imidazole rings is 2. The highest BCUT2D eigenvalue weighted by molar-refractivity contribution is 5.72. The van der Waals surface area contributed by atoms with Gasteiger partial charge in [-0.25, -0.2) is 14.1 Å². The first-order valence-electron chi connectivity index (χ1n) is 10.8. The van der Waals surface area contributed by atoms with Crippen molar-refractivity contribution in [3.8, 4) is 0 Å². The van der Waals surface area contributed by atoms with Crippen LogP contribution in [0.4, 0.5) is 0 Å². The van der Waals surface area contributed by atoms with Gasteiger partial charge >= 0.3 is 5.97 Å². The maximum absolute atomic E-state index is 13.0. The van der Waals surface area contributed by atoms with Gasteiger partial charge in [-0.2, -0.15) is 0 Å². The summed E-state index contributed by atoms with van der Waals surface area (Å²) in [6.07, 6.45) is 15.0. The molecular weight excluding hydrogens is 384 g/mol. The van der Waals surface area contributed by atoms with E-state index in [2.05, 4.69) is 40.5 Å². The molecule has 0 aliphatic heterocycles. The highest BCUT2D eigenvalue weighted by Gasteiger charge is 2.29. The first-order valence-corrected chi connectivity index (χ1v) is 10.8. The van der Waals surface area contributed by atoms with E-state index in [9.17, 15) is 4.79 Å². The van der Waals surface area contributed by atoms with Gasteiger partial charge in [-0.05, 0) is 19.3 Å². The molecule has 2 heterocycles. The van der Waals surface area contributed by atoms with E-state index in [-0.39, 0.29) is 30.6 Å². The Kier molecular flexibility index (Phi) is 10.6. The van der Waals surface area contributed by atoms with Crippen LogP contribution in [0.5, 0.6) is 0 Å². The van der Waals surface area contributed by atoms with Gasteiger partial charge in [0.2, 0.25) is 6.33 Å². The molecule has 0 aliphatic carbocycles. The number of aryl methyl sites for hydroxylation is 1. The average Bonchev–Trinajstić information content (AvgIpc) is 3.43. The molecule has 8 nitrogen and oxygen atoms in total. The molecule has 30 heavy (non-hydrogen) atoms. The number of ether oxygens (including phenoxy) is 3. The van der Waals surface area contributed by atoms with E-state index >= 15 is 0 Å². The topological polar surface area (TPSA) is 71.4 Å². The molecule has 0 saturated carbocycles. The summed E-state index contributed by atoms with van der Waals surface area (Å²) < 4.78 is 22.3. The van der Waals surface area contributed by atoms with Crippen LogP contribution in [0.25, 0.3) is 0 Å². The predicted octanol–water partition coefficient (Wildman–Crippen LogP) is 2.71. The van der Waals surface area contributed by atoms with E-state index in [0.29, 0.717) is 19.8 Å². The molecule has 2 rings (SSSR count). The Bertz CT molecular complexity index is 717. The van der Waals surface area contributed by atoms with E-state index in [0.717, 1.165) is 25.7 Å². The molecule has 3 unspecified atom stereocenters. The first-order chi connectivity index (χ1) is 14.6. The van der Waals surface area contributed by atoms with Gasteiger partial charge in [0.1, 0.15) is 25.0 Å². The molecule has 2 aromatic heterocycles. The third-order valence-electron chi connectivity index (χ3n) is 5.45. The molecule has 0 aliphatic rings. The predicted molar refractivity (Wildman–Crippen MR) is 113 cm³/mol. The standard InChI is InChI=1S/C22H37N4O4/c1-5-20(25-8-7-23-17-25)15-19(22(27)30-14-13-29-12-11-28-4)16-21(6-2)26-10-9-24(3)18-26/h7-10,17-21H,5-6,11-16H2,1-4H3/q+1. The fourth-order valence-corrected chi connectivity index (χ4v) is 3.68. The zero-order valence-electron chi connectivity index (χ0n) is 18.8. The van der Waals surface area contributed by atoms with Crippen LogP contribution >= 0.6 is 0 Å². The molecule has 0 saturated heterocycles. The quantitative estimate of drug-likeness (QED) is 0.251. The highest BCUT2D eigenvalue weighted by Crippen LogP contribution is 2.30. The lowest BCUT2D eigenvalue weighted by Crippen LogP contribution is -2.28. The molecule has 0 fully saturated rings. The van der Waals surface area contributed by atoms with E-state index in [1.165, 1.54) is 0 Å². The largest absolute Gasteiger partial charge is 0.463 e. The van der Waals surface area contributed by atoms with Gasteiger partial charge in [0.05, 0.1) is 39.1 Å². The van der Waals surface area contributed by atoms with Crippen LogP contribution in [0.3, 0.4) is 0 Å². The van der Waals surface area contributed by atoms with Crippen molar-refractivity contribution in [2.75, 3.05) is 33.5 Å². The molecule has 0 N–H and O–H groups in total. The van der Waals surface area contributed by atoms with Crippen LogP contribution in [0, 0.1) is 5.92 Å². The van der Waals surface area contributed by atoms with Crippen LogP contribution in [-0.2, 0) is 26.1 Å². The first kappa shape index (κ1) is 24.1. The van der Waals surface area contributed by atoms with Crippen molar-refractivity contribution in [3.05, 3.63) is 37.4 Å². The number of esters is 1. The summed E-state index contributed by atoms with van der Waals surface area (Å²) in [5.74, 6) is -0.354. The van der Waals surface area contributed by atoms with Crippen LogP contribution in [0.1, 0.15) is 51.6 Å². The Morgan fingerprint density at radius 2 is 1.73 bits per heavy atom. The second-order valence-electron chi connectivity index (χ2n) is 7.60. The van der Waals surface area contributed by atoms with Gasteiger partial charge < -0.3 is 18.8 Å². The molecule has 0 aromatic carbocycles. The van der Waals surface area contributed by atoms with Gasteiger partial charge in [-0.15, -0.1) is 0 Å². The van der Waals surface area contributed by atoms with Crippen LogP contribution in [-0.4, -0.2) is 53.6 Å². The van der Waals surface area contributed by atoms with Gasteiger partial charge in [0.25, 0.3) is 0 Å². The molecule has 8 heteroatoms. The smallest absolute Gasteiger partial charge is 0.309 e. The van der Waals surface area contributed by atoms with Crippen LogP contribution in [0.2, 0.25) is 0 Å². The number of carbonyl (C=O) groups excluding carboxylic acids is 1. The van der Waals surface area contributed by atoms with Crippen molar-refractivity contribution < 1.29 is 23.6 Å². The number of carbonyl (C=O) groups is 1. The maximum Gasteiger partial charge on any atom is 0.309 e. The number of nitrogens with zero attached hydrogens (tertiary/aromatic N) is 4. The minimum absolute atomic E-state index is 0.154. The van der Waals surface area contributed by atoms with Crippen LogP contribution < -0.4 is 4.57 Å². The Labute approximate surface area is 179 Å². The number of hydrogen-bond acceptors (Lipinski definition) is 5. The zero-order valence-corrected chi connectivity index (χ0v) is 18.8. The lowest BCUT2D eigenvalue weighted by molar-refractivity contribution is -0.671. The summed E-state index contributed by atoms with van der Waals surface area (Å²) in [7, 11) is 3.64. The SMILES string of the molecule is CCC(CC(CC(CC)n1cc[n+](C)c1)C(=O)OCCOCCOC)n1ccnc1. The van der Waals surface area contributed by atoms with Crippen molar-refractivity contribution in [2.24, 2.45) is 13.0 Å². The lowest BCUT2D eigenvalue weighted by Gasteiger charge is -2.25. The normalized spacial score (nSPS) is 14.4. The number of rotatable bonds is 15.